The van der Waals surface area contributed by atoms with E-state index in [1.807, 2.05) is 0 Å². The van der Waals surface area contributed by atoms with Crippen LogP contribution in [0.1, 0.15) is 122 Å². The summed E-state index contributed by atoms with van der Waals surface area (Å²) in [5, 5.41) is 24.3. The topological polar surface area (TPSA) is 244 Å². The fraction of sp³-hybridized carbons (Fsp3) is 0.864. The summed E-state index contributed by atoms with van der Waals surface area (Å²) in [6, 6.07) is 0. The van der Waals surface area contributed by atoms with Crippen LogP contribution in [-0.4, -0.2) is 64.1 Å². The molecule has 0 atom stereocenters. The summed E-state index contributed by atoms with van der Waals surface area (Å²) in [6.07, 6.45) is 19.6. The quantitative estimate of drug-likeness (QED) is 0.0581. The first-order chi connectivity index (χ1) is 17.1. The summed E-state index contributed by atoms with van der Waals surface area (Å²) in [5.74, 6) is -2.81. The van der Waals surface area contributed by atoms with Gasteiger partial charge in [0, 0.05) is 6.42 Å². The predicted molar refractivity (Wildman–Crippen MR) is 139 cm³/mol. The molecular formula is C22H46O13S2. The third-order valence-corrected chi connectivity index (χ3v) is 4.55. The first-order valence-corrected chi connectivity index (χ1v) is 14.7. The maximum atomic E-state index is 10.3. The summed E-state index contributed by atoms with van der Waals surface area (Å²) in [5.41, 5.74) is 0. The number of carboxylic acid groups (broad SMARTS) is 3. The molecule has 37 heavy (non-hydrogen) atoms. The lowest BCUT2D eigenvalue weighted by Gasteiger charge is -2.03. The Labute approximate surface area is 222 Å². The molecule has 0 aromatic heterocycles. The zero-order chi connectivity index (χ0) is 29.5. The normalized spacial score (nSPS) is 10.2. The molecule has 0 rings (SSSR count). The molecule has 0 fully saturated rings. The van der Waals surface area contributed by atoms with Gasteiger partial charge in [0.15, 0.2) is 0 Å². The molecule has 0 aromatic rings. The molecular weight excluding hydrogens is 536 g/mol. The van der Waals surface area contributed by atoms with E-state index in [1.54, 1.807) is 0 Å². The Balaban J connectivity index is -0.000000260. The molecule has 0 aliphatic carbocycles. The lowest BCUT2D eigenvalue weighted by atomic mass is 10.0. The standard InChI is InChI=1S/C18H36O2.C4H6O4.H2O4S.H2O3S/c1-2-3-4-5-6-7-8-9-10-11-12-13-14-15-16-17-18(19)20;5-3(6)1-2-4(7)8;1-5(2,3)4;1-4(2)3/h2-17H2,1H3,(H,19,20);1-2H2,(H,5,6)(H,7,8);(H2,1,2,3,4);(H2,1,2,3). The molecule has 0 saturated carbocycles. The molecule has 0 spiro atoms. The zero-order valence-electron chi connectivity index (χ0n) is 21.6. The van der Waals surface area contributed by atoms with E-state index < -0.39 is 39.7 Å². The lowest BCUT2D eigenvalue weighted by molar-refractivity contribution is -0.143. The van der Waals surface area contributed by atoms with Crippen molar-refractivity contribution in [2.24, 2.45) is 0 Å². The number of carbonyl (C=O) groups is 3. The average molecular weight is 583 g/mol. The minimum absolute atomic E-state index is 0.296. The molecule has 7 N–H and O–H groups in total. The number of hydrogen-bond donors (Lipinski definition) is 7. The highest BCUT2D eigenvalue weighted by molar-refractivity contribution is 7.79. The van der Waals surface area contributed by atoms with Gasteiger partial charge in [-0.25, -0.2) is 0 Å². The maximum Gasteiger partial charge on any atom is 0.394 e. The number of hydrogen-bond acceptors (Lipinski definition) is 6. The second-order valence-corrected chi connectivity index (χ2v) is 9.42. The van der Waals surface area contributed by atoms with Gasteiger partial charge in [0.25, 0.3) is 11.4 Å². The summed E-state index contributed by atoms with van der Waals surface area (Å²) in [4.78, 5) is 29.6. The predicted octanol–water partition coefficient (Wildman–Crippen LogP) is 5.30. The van der Waals surface area contributed by atoms with Gasteiger partial charge in [-0.2, -0.15) is 12.6 Å². The molecule has 0 aliphatic heterocycles. The molecule has 13 nitrogen and oxygen atoms in total. The summed E-state index contributed by atoms with van der Waals surface area (Å²) in [7, 11) is -4.67. The van der Waals surface area contributed by atoms with Crippen LogP contribution in [0.4, 0.5) is 0 Å². The molecule has 0 aliphatic rings. The van der Waals surface area contributed by atoms with Crippen LogP contribution in [0.25, 0.3) is 0 Å². The number of unbranched alkanes of at least 4 members (excludes halogenated alkanes) is 14. The van der Waals surface area contributed by atoms with E-state index in [0.29, 0.717) is 6.42 Å². The molecule has 0 saturated heterocycles. The molecule has 0 amide bonds. The van der Waals surface area contributed by atoms with Gasteiger partial charge in [0.2, 0.25) is 0 Å². The molecule has 0 aromatic carbocycles. The largest absolute Gasteiger partial charge is 0.481 e. The molecule has 0 heterocycles. The van der Waals surface area contributed by atoms with Crippen molar-refractivity contribution in [3.05, 3.63) is 0 Å². The molecule has 224 valence electrons. The van der Waals surface area contributed by atoms with Crippen molar-refractivity contribution >= 4 is 39.7 Å². The number of rotatable bonds is 19. The van der Waals surface area contributed by atoms with Crippen LogP contribution in [0.5, 0.6) is 0 Å². The van der Waals surface area contributed by atoms with Gasteiger partial charge in [-0.15, -0.1) is 0 Å². The van der Waals surface area contributed by atoms with E-state index in [2.05, 4.69) is 6.92 Å². The van der Waals surface area contributed by atoms with E-state index in [1.165, 1.54) is 83.5 Å². The highest BCUT2D eigenvalue weighted by Crippen LogP contribution is 2.13. The summed E-state index contributed by atoms with van der Waals surface area (Å²) < 4.78 is 54.4. The first-order valence-electron chi connectivity index (χ1n) is 12.3. The number of carboxylic acids is 3. The van der Waals surface area contributed by atoms with Crippen molar-refractivity contribution in [1.82, 2.24) is 0 Å². The van der Waals surface area contributed by atoms with Gasteiger partial charge >= 0.3 is 28.3 Å². The number of aliphatic carboxylic acids is 3. The van der Waals surface area contributed by atoms with Crippen molar-refractivity contribution in [3.8, 4) is 0 Å². The molecule has 15 heteroatoms. The Morgan fingerprint density at radius 1 is 0.541 bits per heavy atom. The van der Waals surface area contributed by atoms with Crippen molar-refractivity contribution < 1.29 is 60.5 Å². The summed E-state index contributed by atoms with van der Waals surface area (Å²) in [6.45, 7) is 2.27. The average Bonchev–Trinajstić information content (AvgIpc) is 2.74. The van der Waals surface area contributed by atoms with Gasteiger partial charge < -0.3 is 15.3 Å². The van der Waals surface area contributed by atoms with Gasteiger partial charge in [-0.3, -0.25) is 32.6 Å². The third-order valence-electron chi connectivity index (χ3n) is 4.55. The van der Waals surface area contributed by atoms with Crippen LogP contribution in [0.3, 0.4) is 0 Å². The van der Waals surface area contributed by atoms with E-state index in [-0.39, 0.29) is 12.8 Å². The van der Waals surface area contributed by atoms with E-state index in [9.17, 15) is 14.4 Å². The maximum absolute atomic E-state index is 10.3. The van der Waals surface area contributed by atoms with Crippen LogP contribution < -0.4 is 0 Å². The van der Waals surface area contributed by atoms with E-state index >= 15 is 0 Å². The Hall–Kier alpha value is -1.65. The van der Waals surface area contributed by atoms with Crippen LogP contribution in [0, 0.1) is 0 Å². The Morgan fingerprint density at radius 2 is 0.730 bits per heavy atom. The fourth-order valence-electron chi connectivity index (χ4n) is 2.86. The molecule has 0 bridgehead atoms. The monoisotopic (exact) mass is 582 g/mol. The van der Waals surface area contributed by atoms with Crippen LogP contribution >= 0.6 is 0 Å². The summed E-state index contributed by atoms with van der Waals surface area (Å²) >= 11 is -2.61. The SMILES string of the molecule is CCCCCCCCCCCCCCCCCC(=O)O.O=C(O)CCC(=O)O.O=S(=O)(O)O.O=S(O)O. The zero-order valence-corrected chi connectivity index (χ0v) is 23.3. The van der Waals surface area contributed by atoms with Crippen LogP contribution in [-0.2, 0) is 36.1 Å². The van der Waals surface area contributed by atoms with Gasteiger partial charge in [0.1, 0.15) is 0 Å². The third kappa shape index (κ3) is 86.8. The fourth-order valence-corrected chi connectivity index (χ4v) is 2.86. The van der Waals surface area contributed by atoms with Crippen LogP contribution in [0.15, 0.2) is 0 Å². The van der Waals surface area contributed by atoms with E-state index in [4.69, 9.17) is 46.2 Å². The second-order valence-electron chi connectivity index (χ2n) is 8.06. The minimum Gasteiger partial charge on any atom is -0.481 e. The highest BCUT2D eigenvalue weighted by Gasteiger charge is 2.00. The van der Waals surface area contributed by atoms with Gasteiger partial charge in [0.05, 0.1) is 12.8 Å². The molecule has 0 unspecified atom stereocenters. The Kier molecular flexibility index (Phi) is 37.1. The Bertz CT molecular complexity index is 641. The van der Waals surface area contributed by atoms with Crippen molar-refractivity contribution in [2.45, 2.75) is 122 Å². The van der Waals surface area contributed by atoms with E-state index in [0.717, 1.165) is 12.8 Å². The van der Waals surface area contributed by atoms with Crippen molar-refractivity contribution in [2.75, 3.05) is 0 Å². The highest BCUT2D eigenvalue weighted by atomic mass is 32.3. The van der Waals surface area contributed by atoms with Crippen LogP contribution in [0.2, 0.25) is 0 Å². The van der Waals surface area contributed by atoms with Crippen molar-refractivity contribution in [3.63, 3.8) is 0 Å². The second kappa shape index (κ2) is 32.4. The Morgan fingerprint density at radius 3 is 0.919 bits per heavy atom. The first kappa shape index (κ1) is 42.4. The van der Waals surface area contributed by atoms with Crippen molar-refractivity contribution in [1.29, 1.82) is 0 Å². The molecule has 0 radical (unpaired) electrons. The van der Waals surface area contributed by atoms with Gasteiger partial charge in [-0.1, -0.05) is 96.8 Å². The lowest BCUT2D eigenvalue weighted by Crippen LogP contribution is -2.00. The smallest absolute Gasteiger partial charge is 0.394 e. The van der Waals surface area contributed by atoms with Gasteiger partial charge in [-0.05, 0) is 6.42 Å². The minimum atomic E-state index is -4.67.